The molecule has 0 aliphatic carbocycles. The number of carbonyl (C=O) groups is 2. The van der Waals surface area contributed by atoms with Crippen molar-refractivity contribution in [3.8, 4) is 0 Å². The molecule has 0 aliphatic heterocycles. The number of rotatable bonds is 10. The third kappa shape index (κ3) is 8.38. The number of carbonyl (C=O) groups excluding carboxylic acids is 2. The SMILES string of the molecule is Cc1cc(C)c(S(=O)(=O)Nc2ccc(NNC(=O)C(F)(F)F)cc2)cc1NC(=O)CCC(C)(C)C(C)C. The Hall–Kier alpha value is -3.28. The summed E-state index contributed by atoms with van der Waals surface area (Å²) in [7, 11) is -4.06. The summed E-state index contributed by atoms with van der Waals surface area (Å²) in [6, 6.07) is 8.30. The van der Waals surface area contributed by atoms with Gasteiger partial charge in [0.2, 0.25) is 5.91 Å². The Kier molecular flexibility index (Phi) is 9.23. The molecule has 0 radical (unpaired) electrons. The number of anilines is 3. The van der Waals surface area contributed by atoms with Crippen LogP contribution in [0.3, 0.4) is 0 Å². The summed E-state index contributed by atoms with van der Waals surface area (Å²) in [6.45, 7) is 11.8. The molecular weight excluding hydrogens is 509 g/mol. The van der Waals surface area contributed by atoms with Gasteiger partial charge in [0.1, 0.15) is 0 Å². The van der Waals surface area contributed by atoms with Gasteiger partial charge in [-0.2, -0.15) is 13.2 Å². The Labute approximate surface area is 215 Å². The normalized spacial score (nSPS) is 12.3. The molecule has 0 fully saturated rings. The first-order chi connectivity index (χ1) is 16.9. The van der Waals surface area contributed by atoms with E-state index >= 15 is 0 Å². The fourth-order valence-corrected chi connectivity index (χ4v) is 4.54. The average Bonchev–Trinajstić information content (AvgIpc) is 2.77. The number of aryl methyl sites for hydroxylation is 2. The number of halogens is 3. The molecule has 0 saturated carbocycles. The van der Waals surface area contributed by atoms with E-state index in [0.717, 1.165) is 0 Å². The van der Waals surface area contributed by atoms with Gasteiger partial charge in [0.15, 0.2) is 0 Å². The van der Waals surface area contributed by atoms with Crippen LogP contribution in [0.4, 0.5) is 30.2 Å². The van der Waals surface area contributed by atoms with Crippen molar-refractivity contribution in [1.82, 2.24) is 5.43 Å². The standard InChI is InChI=1S/C25H33F3N4O4S/c1-15(2)24(5,6)12-11-22(33)29-20-14-21(17(4)13-16(20)3)37(35,36)32-19-9-7-18(8-10-19)30-31-23(34)25(26,27)28/h7-10,13-15,30,32H,11-12H2,1-6H3,(H,29,33)(H,31,34). The minimum atomic E-state index is -5.04. The highest BCUT2D eigenvalue weighted by Crippen LogP contribution is 2.32. The molecule has 0 unspecified atom stereocenters. The van der Waals surface area contributed by atoms with Gasteiger partial charge in [-0.3, -0.25) is 25.2 Å². The number of hydrazine groups is 1. The van der Waals surface area contributed by atoms with Gasteiger partial charge in [0.05, 0.1) is 10.6 Å². The lowest BCUT2D eigenvalue weighted by Gasteiger charge is -2.29. The Morgan fingerprint density at radius 1 is 0.946 bits per heavy atom. The molecule has 204 valence electrons. The Morgan fingerprint density at radius 3 is 2.05 bits per heavy atom. The molecule has 0 saturated heterocycles. The zero-order chi connectivity index (χ0) is 28.2. The summed E-state index contributed by atoms with van der Waals surface area (Å²) < 4.78 is 65.4. The Balaban J connectivity index is 2.14. The fraction of sp³-hybridized carbons (Fsp3) is 0.440. The van der Waals surface area contributed by atoms with Crippen molar-refractivity contribution < 1.29 is 31.2 Å². The summed E-state index contributed by atoms with van der Waals surface area (Å²) in [5, 5.41) is 2.81. The van der Waals surface area contributed by atoms with E-state index in [2.05, 4.69) is 43.2 Å². The summed E-state index contributed by atoms with van der Waals surface area (Å²) in [5.74, 6) is -1.98. The largest absolute Gasteiger partial charge is 0.472 e. The van der Waals surface area contributed by atoms with Crippen LogP contribution in [0.5, 0.6) is 0 Å². The number of amides is 2. The third-order valence-corrected chi connectivity index (χ3v) is 7.88. The second kappa shape index (κ2) is 11.4. The fourth-order valence-electron chi connectivity index (χ4n) is 3.23. The van der Waals surface area contributed by atoms with Crippen LogP contribution in [-0.2, 0) is 19.6 Å². The predicted molar refractivity (Wildman–Crippen MR) is 137 cm³/mol. The van der Waals surface area contributed by atoms with Crippen LogP contribution < -0.4 is 20.9 Å². The molecule has 0 heterocycles. The second-order valence-electron chi connectivity index (χ2n) is 9.88. The topological polar surface area (TPSA) is 116 Å². The van der Waals surface area contributed by atoms with Crippen LogP contribution in [0, 0.1) is 25.2 Å². The molecule has 0 aliphatic rings. The van der Waals surface area contributed by atoms with E-state index in [1.807, 2.05) is 0 Å². The van der Waals surface area contributed by atoms with Crippen LogP contribution >= 0.6 is 0 Å². The monoisotopic (exact) mass is 542 g/mol. The lowest BCUT2D eigenvalue weighted by Crippen LogP contribution is -2.40. The zero-order valence-corrected chi connectivity index (χ0v) is 22.4. The van der Waals surface area contributed by atoms with Crippen molar-refractivity contribution in [2.45, 2.75) is 65.5 Å². The number of sulfonamides is 1. The molecule has 2 aromatic carbocycles. The molecule has 0 spiro atoms. The lowest BCUT2D eigenvalue weighted by molar-refractivity contribution is -0.173. The van der Waals surface area contributed by atoms with Crippen LogP contribution in [0.15, 0.2) is 41.3 Å². The van der Waals surface area contributed by atoms with Crippen LogP contribution in [-0.4, -0.2) is 26.4 Å². The van der Waals surface area contributed by atoms with Gasteiger partial charge in [-0.25, -0.2) is 8.42 Å². The molecule has 2 rings (SSSR count). The van der Waals surface area contributed by atoms with Gasteiger partial charge >= 0.3 is 12.1 Å². The summed E-state index contributed by atoms with van der Waals surface area (Å²) in [4.78, 5) is 23.4. The van der Waals surface area contributed by atoms with Crippen LogP contribution in [0.1, 0.15) is 51.7 Å². The van der Waals surface area contributed by atoms with Gasteiger partial charge in [0, 0.05) is 17.8 Å². The Morgan fingerprint density at radius 2 is 1.51 bits per heavy atom. The summed E-state index contributed by atoms with van der Waals surface area (Å²) >= 11 is 0. The molecule has 8 nitrogen and oxygen atoms in total. The smallest absolute Gasteiger partial charge is 0.326 e. The molecule has 0 bridgehead atoms. The minimum Gasteiger partial charge on any atom is -0.326 e. The molecule has 2 amide bonds. The lowest BCUT2D eigenvalue weighted by atomic mass is 9.77. The zero-order valence-electron chi connectivity index (χ0n) is 21.6. The van der Waals surface area contributed by atoms with Gasteiger partial charge in [-0.05, 0) is 73.1 Å². The number of nitrogens with one attached hydrogen (secondary N) is 4. The minimum absolute atomic E-state index is 0.0208. The highest BCUT2D eigenvalue weighted by Gasteiger charge is 2.38. The van der Waals surface area contributed by atoms with E-state index in [9.17, 15) is 31.2 Å². The maximum absolute atomic E-state index is 13.1. The van der Waals surface area contributed by atoms with E-state index in [1.165, 1.54) is 35.8 Å². The van der Waals surface area contributed by atoms with Crippen molar-refractivity contribution in [3.05, 3.63) is 47.5 Å². The van der Waals surface area contributed by atoms with Gasteiger partial charge in [-0.15, -0.1) is 0 Å². The molecular formula is C25H33F3N4O4S. The molecule has 0 aromatic heterocycles. The number of hydrogen-bond donors (Lipinski definition) is 4. The molecule has 0 atom stereocenters. The predicted octanol–water partition coefficient (Wildman–Crippen LogP) is 5.51. The van der Waals surface area contributed by atoms with Crippen molar-refractivity contribution >= 4 is 38.9 Å². The second-order valence-corrected chi connectivity index (χ2v) is 11.5. The number of hydrogen-bond acceptors (Lipinski definition) is 5. The van der Waals surface area contributed by atoms with Crippen molar-refractivity contribution in [3.63, 3.8) is 0 Å². The van der Waals surface area contributed by atoms with E-state index in [0.29, 0.717) is 35.6 Å². The average molecular weight is 543 g/mol. The van der Waals surface area contributed by atoms with Crippen molar-refractivity contribution in [2.24, 2.45) is 11.3 Å². The highest BCUT2D eigenvalue weighted by atomic mass is 32.2. The van der Waals surface area contributed by atoms with Crippen molar-refractivity contribution in [1.29, 1.82) is 0 Å². The first kappa shape index (κ1) is 29.9. The van der Waals surface area contributed by atoms with Crippen LogP contribution in [0.2, 0.25) is 0 Å². The first-order valence-corrected chi connectivity index (χ1v) is 13.1. The number of alkyl halides is 3. The van der Waals surface area contributed by atoms with Gasteiger partial charge in [0.25, 0.3) is 10.0 Å². The van der Waals surface area contributed by atoms with E-state index in [-0.39, 0.29) is 27.6 Å². The number of benzene rings is 2. The van der Waals surface area contributed by atoms with Crippen molar-refractivity contribution in [2.75, 3.05) is 15.5 Å². The third-order valence-electron chi connectivity index (χ3n) is 6.36. The molecule has 12 heteroatoms. The Bertz CT molecular complexity index is 1240. The van der Waals surface area contributed by atoms with Gasteiger partial charge < -0.3 is 5.32 Å². The molecule has 2 aromatic rings. The molecule has 37 heavy (non-hydrogen) atoms. The highest BCUT2D eigenvalue weighted by molar-refractivity contribution is 7.92. The van der Waals surface area contributed by atoms with Crippen LogP contribution in [0.25, 0.3) is 0 Å². The van der Waals surface area contributed by atoms with E-state index < -0.39 is 22.1 Å². The van der Waals surface area contributed by atoms with E-state index in [1.54, 1.807) is 19.9 Å². The van der Waals surface area contributed by atoms with E-state index in [4.69, 9.17) is 0 Å². The molecule has 4 N–H and O–H groups in total. The first-order valence-electron chi connectivity index (χ1n) is 11.6. The van der Waals surface area contributed by atoms with Gasteiger partial charge in [-0.1, -0.05) is 33.8 Å². The summed E-state index contributed by atoms with van der Waals surface area (Å²) in [6.07, 6.45) is -4.07. The maximum Gasteiger partial charge on any atom is 0.472 e. The quantitative estimate of drug-likeness (QED) is 0.296. The maximum atomic E-state index is 13.1. The summed E-state index contributed by atoms with van der Waals surface area (Å²) in [5.41, 5.74) is 5.41.